The molecule has 0 unspecified atom stereocenters. The maximum atomic E-state index is 5.86. The van der Waals surface area contributed by atoms with Crippen LogP contribution in [0.2, 0.25) is 0 Å². The van der Waals surface area contributed by atoms with Crippen LogP contribution in [0.1, 0.15) is 31.5 Å². The van der Waals surface area contributed by atoms with Crippen molar-refractivity contribution in [2.45, 2.75) is 38.3 Å². The fraction of sp³-hybridized carbons (Fsp3) is 0.667. The Morgan fingerprint density at radius 1 is 1.25 bits per heavy atom. The van der Waals surface area contributed by atoms with Gasteiger partial charge in [0.15, 0.2) is 0 Å². The van der Waals surface area contributed by atoms with Crippen LogP contribution in [0, 0.1) is 0 Å². The molecule has 88 valence electrons. The first-order valence-electron chi connectivity index (χ1n) is 5.96. The van der Waals surface area contributed by atoms with Gasteiger partial charge in [-0.25, -0.2) is 9.97 Å². The molecule has 1 fully saturated rings. The zero-order chi connectivity index (χ0) is 11.2. The van der Waals surface area contributed by atoms with E-state index in [-0.39, 0.29) is 0 Å². The Kier molecular flexibility index (Phi) is 4.55. The Morgan fingerprint density at radius 2 is 1.94 bits per heavy atom. The molecule has 0 amide bonds. The van der Waals surface area contributed by atoms with Crippen LogP contribution in [0.5, 0.6) is 0 Å². The van der Waals surface area contributed by atoms with E-state index in [2.05, 4.69) is 14.9 Å². The molecule has 1 saturated carbocycles. The lowest BCUT2D eigenvalue weighted by Gasteiger charge is -2.27. The Bertz CT molecular complexity index is 298. The topological polar surface area (TPSA) is 29.0 Å². The number of aromatic nitrogens is 2. The van der Waals surface area contributed by atoms with Crippen LogP contribution in [0.3, 0.4) is 0 Å². The van der Waals surface area contributed by atoms with E-state index in [1.165, 1.54) is 25.7 Å². The van der Waals surface area contributed by atoms with Gasteiger partial charge in [0.2, 0.25) is 0 Å². The zero-order valence-corrected chi connectivity index (χ0v) is 10.2. The van der Waals surface area contributed by atoms with Gasteiger partial charge in [0.05, 0.1) is 6.54 Å². The second-order valence-corrected chi connectivity index (χ2v) is 4.64. The van der Waals surface area contributed by atoms with E-state index in [4.69, 9.17) is 11.6 Å². The molecule has 0 radical (unpaired) electrons. The van der Waals surface area contributed by atoms with E-state index in [1.807, 2.05) is 6.07 Å². The summed E-state index contributed by atoms with van der Waals surface area (Å²) in [4.78, 5) is 11.0. The summed E-state index contributed by atoms with van der Waals surface area (Å²) < 4.78 is 0. The summed E-state index contributed by atoms with van der Waals surface area (Å²) in [7, 11) is 0. The Labute approximate surface area is 102 Å². The highest BCUT2D eigenvalue weighted by Gasteiger charge is 2.22. The first kappa shape index (κ1) is 11.8. The molecule has 3 nitrogen and oxygen atoms in total. The van der Waals surface area contributed by atoms with Crippen molar-refractivity contribution in [1.29, 1.82) is 0 Å². The second kappa shape index (κ2) is 6.16. The van der Waals surface area contributed by atoms with E-state index in [0.717, 1.165) is 18.9 Å². The normalized spacial score (nSPS) is 17.1. The van der Waals surface area contributed by atoms with E-state index >= 15 is 0 Å². The van der Waals surface area contributed by atoms with Crippen molar-refractivity contribution in [2.24, 2.45) is 0 Å². The number of alkyl halides is 1. The van der Waals surface area contributed by atoms with Gasteiger partial charge < -0.3 is 0 Å². The molecular weight excluding hydrogens is 222 g/mol. The first-order valence-corrected chi connectivity index (χ1v) is 6.49. The smallest absolute Gasteiger partial charge is 0.142 e. The van der Waals surface area contributed by atoms with Crippen molar-refractivity contribution in [3.05, 3.63) is 24.3 Å². The van der Waals surface area contributed by atoms with Crippen molar-refractivity contribution >= 4 is 11.6 Å². The Balaban J connectivity index is 1.96. The van der Waals surface area contributed by atoms with Gasteiger partial charge >= 0.3 is 0 Å². The molecule has 1 aromatic rings. The van der Waals surface area contributed by atoms with E-state index in [1.54, 1.807) is 12.4 Å². The molecule has 0 spiro atoms. The molecule has 0 N–H and O–H groups in total. The molecule has 1 aliphatic rings. The maximum absolute atomic E-state index is 5.86. The first-order chi connectivity index (χ1) is 7.90. The molecule has 4 heteroatoms. The number of hydrogen-bond acceptors (Lipinski definition) is 3. The largest absolute Gasteiger partial charge is 0.292 e. The fourth-order valence-corrected chi connectivity index (χ4v) is 2.58. The predicted molar refractivity (Wildman–Crippen MR) is 65.4 cm³/mol. The predicted octanol–water partition coefficient (Wildman–Crippen LogP) is 2.46. The molecule has 2 rings (SSSR count). The van der Waals surface area contributed by atoms with Crippen molar-refractivity contribution in [3.8, 4) is 0 Å². The number of halogens is 1. The summed E-state index contributed by atoms with van der Waals surface area (Å²) in [6, 6.07) is 2.54. The van der Waals surface area contributed by atoms with Gasteiger partial charge in [0.1, 0.15) is 5.82 Å². The third-order valence-electron chi connectivity index (χ3n) is 3.18. The third kappa shape index (κ3) is 3.16. The summed E-state index contributed by atoms with van der Waals surface area (Å²) >= 11 is 5.86. The maximum Gasteiger partial charge on any atom is 0.142 e. The van der Waals surface area contributed by atoms with Crippen molar-refractivity contribution < 1.29 is 0 Å². The van der Waals surface area contributed by atoms with Crippen LogP contribution in [0.15, 0.2) is 18.5 Å². The van der Waals surface area contributed by atoms with E-state index in [9.17, 15) is 0 Å². The molecule has 0 bridgehead atoms. The lowest BCUT2D eigenvalue weighted by Crippen LogP contribution is -2.34. The van der Waals surface area contributed by atoms with Gasteiger partial charge in [0, 0.05) is 30.9 Å². The summed E-state index contributed by atoms with van der Waals surface area (Å²) in [6.45, 7) is 1.77. The Hall–Kier alpha value is -0.670. The van der Waals surface area contributed by atoms with E-state index < -0.39 is 0 Å². The standard InChI is InChI=1S/C12H18ClN3/c13-6-9-16(11-4-1-2-5-11)10-12-14-7-3-8-15-12/h3,7-8,11H,1-2,4-6,9-10H2. The van der Waals surface area contributed by atoms with Gasteiger partial charge in [0.25, 0.3) is 0 Å². The number of nitrogens with zero attached hydrogens (tertiary/aromatic N) is 3. The molecule has 0 atom stereocenters. The van der Waals surface area contributed by atoms with Gasteiger partial charge in [-0.1, -0.05) is 12.8 Å². The average Bonchev–Trinajstić information content (AvgIpc) is 2.83. The molecule has 0 saturated heterocycles. The van der Waals surface area contributed by atoms with E-state index in [0.29, 0.717) is 11.9 Å². The number of hydrogen-bond donors (Lipinski definition) is 0. The summed E-state index contributed by atoms with van der Waals surface area (Å²) in [5.41, 5.74) is 0. The summed E-state index contributed by atoms with van der Waals surface area (Å²) in [5, 5.41) is 0. The monoisotopic (exact) mass is 239 g/mol. The molecule has 0 aliphatic heterocycles. The van der Waals surface area contributed by atoms with Crippen LogP contribution < -0.4 is 0 Å². The van der Waals surface area contributed by atoms with Crippen molar-refractivity contribution in [1.82, 2.24) is 14.9 Å². The molecule has 0 aromatic carbocycles. The van der Waals surface area contributed by atoms with Crippen molar-refractivity contribution in [3.63, 3.8) is 0 Å². The van der Waals surface area contributed by atoms with Gasteiger partial charge in [-0.15, -0.1) is 11.6 Å². The average molecular weight is 240 g/mol. The summed E-state index contributed by atoms with van der Waals surface area (Å²) in [5.74, 6) is 1.59. The molecule has 16 heavy (non-hydrogen) atoms. The third-order valence-corrected chi connectivity index (χ3v) is 3.35. The molecular formula is C12H18ClN3. The number of rotatable bonds is 5. The minimum absolute atomic E-state index is 0.683. The van der Waals surface area contributed by atoms with Crippen LogP contribution in [0.25, 0.3) is 0 Å². The van der Waals surface area contributed by atoms with Crippen LogP contribution in [-0.4, -0.2) is 33.3 Å². The minimum Gasteiger partial charge on any atom is -0.292 e. The lowest BCUT2D eigenvalue weighted by atomic mass is 10.2. The van der Waals surface area contributed by atoms with Crippen molar-refractivity contribution in [2.75, 3.05) is 12.4 Å². The van der Waals surface area contributed by atoms with Gasteiger partial charge in [-0.2, -0.15) is 0 Å². The molecule has 1 aromatic heterocycles. The van der Waals surface area contributed by atoms with Crippen LogP contribution in [-0.2, 0) is 6.54 Å². The van der Waals surface area contributed by atoms with Gasteiger partial charge in [-0.3, -0.25) is 4.90 Å². The Morgan fingerprint density at radius 3 is 2.56 bits per heavy atom. The second-order valence-electron chi connectivity index (χ2n) is 4.26. The fourth-order valence-electron chi connectivity index (χ4n) is 2.36. The van der Waals surface area contributed by atoms with Crippen LogP contribution in [0.4, 0.5) is 0 Å². The molecule has 1 heterocycles. The SMILES string of the molecule is ClCCN(Cc1ncccn1)C1CCCC1. The van der Waals surface area contributed by atoms with Crippen LogP contribution >= 0.6 is 11.6 Å². The molecule has 1 aliphatic carbocycles. The minimum atomic E-state index is 0.683. The lowest BCUT2D eigenvalue weighted by molar-refractivity contribution is 0.196. The van der Waals surface area contributed by atoms with Gasteiger partial charge in [-0.05, 0) is 18.9 Å². The highest BCUT2D eigenvalue weighted by Crippen LogP contribution is 2.24. The zero-order valence-electron chi connectivity index (χ0n) is 9.48. The highest BCUT2D eigenvalue weighted by molar-refractivity contribution is 6.18. The quantitative estimate of drug-likeness (QED) is 0.740. The highest BCUT2D eigenvalue weighted by atomic mass is 35.5. The summed E-state index contributed by atoms with van der Waals surface area (Å²) in [6.07, 6.45) is 8.89.